The number of fused-ring (bicyclic) bond motifs is 1. The van der Waals surface area contributed by atoms with Crippen LogP contribution in [0.4, 0.5) is 5.69 Å². The normalized spacial score (nSPS) is 15.0. The second-order valence-electron chi connectivity index (χ2n) is 7.25. The van der Waals surface area contributed by atoms with Crippen LogP contribution in [-0.2, 0) is 7.05 Å². The van der Waals surface area contributed by atoms with Gasteiger partial charge in [-0.15, -0.1) is 11.8 Å². The van der Waals surface area contributed by atoms with Crippen molar-refractivity contribution in [2.24, 2.45) is 7.05 Å². The summed E-state index contributed by atoms with van der Waals surface area (Å²) >= 11 is 1.76. The molecule has 1 saturated heterocycles. The molecule has 28 heavy (non-hydrogen) atoms. The van der Waals surface area contributed by atoms with Crippen molar-refractivity contribution in [2.45, 2.75) is 23.7 Å². The van der Waals surface area contributed by atoms with Gasteiger partial charge < -0.3 is 9.47 Å². The Morgan fingerprint density at radius 2 is 1.75 bits per heavy atom. The van der Waals surface area contributed by atoms with E-state index in [1.54, 1.807) is 23.4 Å². The van der Waals surface area contributed by atoms with Gasteiger partial charge in [0.25, 0.3) is 5.56 Å². The van der Waals surface area contributed by atoms with Crippen LogP contribution in [0.5, 0.6) is 0 Å². The zero-order valence-electron chi connectivity index (χ0n) is 16.2. The summed E-state index contributed by atoms with van der Waals surface area (Å²) in [5.74, 6) is 0.524. The van der Waals surface area contributed by atoms with Crippen LogP contribution in [0, 0.1) is 11.3 Å². The molecule has 0 radical (unpaired) electrons. The summed E-state index contributed by atoms with van der Waals surface area (Å²) in [4.78, 5) is 16.3. The predicted octanol–water partition coefficient (Wildman–Crippen LogP) is 4.52. The molecule has 1 fully saturated rings. The van der Waals surface area contributed by atoms with Crippen molar-refractivity contribution >= 4 is 28.4 Å². The maximum absolute atomic E-state index is 12.7. The Kier molecular flexibility index (Phi) is 5.15. The number of nitrogens with zero attached hydrogens (tertiary/aromatic N) is 3. The van der Waals surface area contributed by atoms with Crippen molar-refractivity contribution in [1.29, 1.82) is 5.26 Å². The van der Waals surface area contributed by atoms with Gasteiger partial charge in [-0.1, -0.05) is 30.3 Å². The molecule has 0 amide bonds. The molecule has 0 unspecified atom stereocenters. The van der Waals surface area contributed by atoms with Gasteiger partial charge in [-0.05, 0) is 48.8 Å². The molecule has 0 spiro atoms. The molecule has 4 rings (SSSR count). The molecule has 0 N–H and O–H groups in total. The van der Waals surface area contributed by atoms with Crippen molar-refractivity contribution in [1.82, 2.24) is 4.57 Å². The van der Waals surface area contributed by atoms with Crippen LogP contribution >= 0.6 is 11.8 Å². The van der Waals surface area contributed by atoms with E-state index >= 15 is 0 Å². The number of aryl methyl sites for hydroxylation is 1. The highest BCUT2D eigenvalue weighted by Gasteiger charge is 2.25. The molecule has 0 atom stereocenters. The Morgan fingerprint density at radius 1 is 1.07 bits per heavy atom. The van der Waals surface area contributed by atoms with Gasteiger partial charge in [-0.3, -0.25) is 4.79 Å². The zero-order valence-corrected chi connectivity index (χ0v) is 17.0. The highest BCUT2D eigenvalue weighted by Crippen LogP contribution is 2.35. The third kappa shape index (κ3) is 3.18. The molecule has 1 aliphatic heterocycles. The Hall–Kier alpha value is -2.71. The molecule has 4 nitrogen and oxygen atoms in total. The van der Waals surface area contributed by atoms with Gasteiger partial charge in [0.1, 0.15) is 11.6 Å². The smallest absolute Gasteiger partial charge is 0.270 e. The van der Waals surface area contributed by atoms with Gasteiger partial charge in [0.15, 0.2) is 0 Å². The van der Waals surface area contributed by atoms with Crippen molar-refractivity contribution in [3.63, 3.8) is 0 Å². The van der Waals surface area contributed by atoms with Crippen LogP contribution in [0.3, 0.4) is 0 Å². The molecular weight excluding hydrogens is 366 g/mol. The van der Waals surface area contributed by atoms with E-state index < -0.39 is 0 Å². The predicted molar refractivity (Wildman–Crippen MR) is 116 cm³/mol. The summed E-state index contributed by atoms with van der Waals surface area (Å²) in [7, 11) is 1.74. The van der Waals surface area contributed by atoms with Crippen LogP contribution in [0.2, 0.25) is 0 Å². The molecule has 0 bridgehead atoms. The molecule has 142 valence electrons. The summed E-state index contributed by atoms with van der Waals surface area (Å²) in [5, 5.41) is 10.7. The van der Waals surface area contributed by atoms with Gasteiger partial charge >= 0.3 is 0 Å². The Labute approximate surface area is 169 Å². The first-order valence-electron chi connectivity index (χ1n) is 9.54. The van der Waals surface area contributed by atoms with Crippen molar-refractivity contribution in [3.8, 4) is 6.07 Å². The number of rotatable bonds is 3. The fraction of sp³-hybridized carbons (Fsp3) is 0.304. The molecule has 1 aliphatic rings. The molecular formula is C23H23N3OS. The first kappa shape index (κ1) is 18.6. The fourth-order valence-corrected chi connectivity index (χ4v) is 4.63. The van der Waals surface area contributed by atoms with Crippen LogP contribution in [0.1, 0.15) is 29.9 Å². The molecule has 0 saturated carbocycles. The van der Waals surface area contributed by atoms with Gasteiger partial charge in [0.2, 0.25) is 0 Å². The molecule has 3 aromatic rings. The van der Waals surface area contributed by atoms with E-state index in [-0.39, 0.29) is 11.1 Å². The average molecular weight is 390 g/mol. The monoisotopic (exact) mass is 389 g/mol. The molecule has 2 heterocycles. The van der Waals surface area contributed by atoms with E-state index in [0.29, 0.717) is 5.92 Å². The van der Waals surface area contributed by atoms with E-state index in [1.807, 2.05) is 24.3 Å². The zero-order chi connectivity index (χ0) is 19.7. The summed E-state index contributed by atoms with van der Waals surface area (Å²) in [6.45, 7) is 1.70. The number of piperidine rings is 1. The summed E-state index contributed by atoms with van der Waals surface area (Å²) < 4.78 is 1.58. The number of aromatic nitrogens is 1. The SMILES string of the molecule is CSc1ccc(C2CCN(c3c(C#N)c(=O)n(C)c4ccccc34)CC2)cc1. The Morgan fingerprint density at radius 3 is 2.39 bits per heavy atom. The summed E-state index contributed by atoms with van der Waals surface area (Å²) in [6, 6.07) is 18.9. The lowest BCUT2D eigenvalue weighted by atomic mass is 9.89. The van der Waals surface area contributed by atoms with Gasteiger partial charge in [0.05, 0.1) is 11.2 Å². The number of hydrogen-bond acceptors (Lipinski definition) is 4. The minimum Gasteiger partial charge on any atom is -0.370 e. The largest absolute Gasteiger partial charge is 0.370 e. The van der Waals surface area contributed by atoms with Crippen LogP contribution < -0.4 is 10.5 Å². The van der Waals surface area contributed by atoms with E-state index in [2.05, 4.69) is 41.5 Å². The number of anilines is 1. The third-order valence-corrected chi connectivity index (χ3v) is 6.53. The van der Waals surface area contributed by atoms with Crippen LogP contribution in [0.15, 0.2) is 58.2 Å². The number of hydrogen-bond donors (Lipinski definition) is 0. The topological polar surface area (TPSA) is 49.0 Å². The highest BCUT2D eigenvalue weighted by molar-refractivity contribution is 7.98. The van der Waals surface area contributed by atoms with Crippen LogP contribution in [-0.4, -0.2) is 23.9 Å². The van der Waals surface area contributed by atoms with E-state index in [0.717, 1.165) is 42.5 Å². The highest BCUT2D eigenvalue weighted by atomic mass is 32.2. The van der Waals surface area contributed by atoms with E-state index in [9.17, 15) is 10.1 Å². The lowest BCUT2D eigenvalue weighted by molar-refractivity contribution is 0.505. The van der Waals surface area contributed by atoms with Crippen molar-refractivity contribution in [2.75, 3.05) is 24.2 Å². The molecule has 2 aromatic carbocycles. The number of benzene rings is 2. The number of pyridine rings is 1. The van der Waals surface area contributed by atoms with E-state index in [1.165, 1.54) is 10.5 Å². The summed E-state index contributed by atoms with van der Waals surface area (Å²) in [5.41, 5.74) is 3.09. The van der Waals surface area contributed by atoms with Crippen molar-refractivity contribution < 1.29 is 0 Å². The first-order chi connectivity index (χ1) is 13.6. The molecule has 0 aliphatic carbocycles. The minimum absolute atomic E-state index is 0.217. The van der Waals surface area contributed by atoms with E-state index in [4.69, 9.17) is 0 Å². The Balaban J connectivity index is 1.66. The average Bonchev–Trinajstić information content (AvgIpc) is 2.76. The van der Waals surface area contributed by atoms with Gasteiger partial charge in [0, 0.05) is 30.4 Å². The lowest BCUT2D eigenvalue weighted by Crippen LogP contribution is -2.35. The minimum atomic E-state index is -0.217. The third-order valence-electron chi connectivity index (χ3n) is 5.79. The molecule has 5 heteroatoms. The summed E-state index contributed by atoms with van der Waals surface area (Å²) in [6.07, 6.45) is 4.13. The maximum Gasteiger partial charge on any atom is 0.270 e. The standard InChI is InChI=1S/C23H23N3OS/c1-25-21-6-4-3-5-19(21)22(20(15-24)23(25)27)26-13-11-17(12-14-26)16-7-9-18(28-2)10-8-16/h3-10,17H,11-14H2,1-2H3. The number of nitriles is 1. The number of thioether (sulfide) groups is 1. The fourth-order valence-electron chi connectivity index (χ4n) is 4.22. The first-order valence-corrected chi connectivity index (χ1v) is 10.8. The Bertz CT molecular complexity index is 1100. The van der Waals surface area contributed by atoms with Crippen LogP contribution in [0.25, 0.3) is 10.9 Å². The quantitative estimate of drug-likeness (QED) is 0.618. The van der Waals surface area contributed by atoms with Gasteiger partial charge in [-0.2, -0.15) is 5.26 Å². The second-order valence-corrected chi connectivity index (χ2v) is 8.13. The maximum atomic E-state index is 12.7. The number of para-hydroxylation sites is 1. The molecule has 1 aromatic heterocycles. The van der Waals surface area contributed by atoms with Crippen molar-refractivity contribution in [3.05, 3.63) is 70.0 Å². The lowest BCUT2D eigenvalue weighted by Gasteiger charge is -2.35. The second kappa shape index (κ2) is 7.73. The van der Waals surface area contributed by atoms with Gasteiger partial charge in [-0.25, -0.2) is 0 Å².